The maximum absolute atomic E-state index is 11.8. The van der Waals surface area contributed by atoms with Crippen LogP contribution in [0.3, 0.4) is 0 Å². The molecule has 0 saturated heterocycles. The number of hydrogen-bond acceptors (Lipinski definition) is 3. The van der Waals surface area contributed by atoms with Crippen molar-refractivity contribution in [2.75, 3.05) is 12.3 Å². The highest BCUT2D eigenvalue weighted by molar-refractivity contribution is 5.88. The molecular weight excluding hydrogens is 254 g/mol. The zero-order chi connectivity index (χ0) is 15.1. The Labute approximate surface area is 119 Å². The minimum absolute atomic E-state index is 0.163. The van der Waals surface area contributed by atoms with E-state index < -0.39 is 6.04 Å². The molecule has 1 aromatic carbocycles. The highest BCUT2D eigenvalue weighted by atomic mass is 16.2. The first-order chi connectivity index (χ1) is 9.38. The molecule has 5 nitrogen and oxygen atoms in total. The van der Waals surface area contributed by atoms with Crippen LogP contribution in [0.25, 0.3) is 0 Å². The Bertz CT molecular complexity index is 455. The van der Waals surface area contributed by atoms with E-state index in [0.29, 0.717) is 18.2 Å². The first-order valence-corrected chi connectivity index (χ1v) is 6.80. The molecule has 4 N–H and O–H groups in total. The summed E-state index contributed by atoms with van der Waals surface area (Å²) in [6.45, 7) is 6.32. The predicted molar refractivity (Wildman–Crippen MR) is 80.0 cm³/mol. The fraction of sp³-hybridized carbons (Fsp3) is 0.467. The van der Waals surface area contributed by atoms with Crippen LogP contribution < -0.4 is 16.4 Å². The summed E-state index contributed by atoms with van der Waals surface area (Å²) in [6, 6.07) is 6.58. The molecule has 20 heavy (non-hydrogen) atoms. The molecule has 0 aliphatic heterocycles. The monoisotopic (exact) mass is 277 g/mol. The van der Waals surface area contributed by atoms with Crippen LogP contribution in [-0.4, -0.2) is 24.4 Å². The summed E-state index contributed by atoms with van der Waals surface area (Å²) >= 11 is 0. The van der Waals surface area contributed by atoms with E-state index in [1.807, 2.05) is 13.8 Å². The molecule has 0 spiro atoms. The Morgan fingerprint density at radius 1 is 1.15 bits per heavy atom. The molecule has 1 aromatic rings. The second-order valence-corrected chi connectivity index (χ2v) is 5.35. The normalized spacial score (nSPS) is 12.0. The maximum Gasteiger partial charge on any atom is 0.242 e. The van der Waals surface area contributed by atoms with Gasteiger partial charge in [0.1, 0.15) is 6.04 Å². The predicted octanol–water partition coefficient (Wildman–Crippen LogP) is 1.09. The minimum Gasteiger partial charge on any atom is -0.399 e. The van der Waals surface area contributed by atoms with E-state index in [9.17, 15) is 9.59 Å². The summed E-state index contributed by atoms with van der Waals surface area (Å²) < 4.78 is 0. The average Bonchev–Trinajstić information content (AvgIpc) is 2.38. The van der Waals surface area contributed by atoms with Crippen LogP contribution >= 0.6 is 0 Å². The molecular formula is C15H23N3O2. The summed E-state index contributed by atoms with van der Waals surface area (Å²) in [7, 11) is 0. The Balaban J connectivity index is 2.41. The first kappa shape index (κ1) is 16.0. The van der Waals surface area contributed by atoms with Gasteiger partial charge in [-0.2, -0.15) is 0 Å². The van der Waals surface area contributed by atoms with Crippen LogP contribution in [0.1, 0.15) is 26.3 Å². The fourth-order valence-corrected chi connectivity index (χ4v) is 1.64. The zero-order valence-electron chi connectivity index (χ0n) is 12.3. The molecule has 110 valence electrons. The van der Waals surface area contributed by atoms with Crippen molar-refractivity contribution in [2.24, 2.45) is 5.92 Å². The highest BCUT2D eigenvalue weighted by Crippen LogP contribution is 2.06. The third kappa shape index (κ3) is 5.73. The van der Waals surface area contributed by atoms with Gasteiger partial charge < -0.3 is 16.4 Å². The lowest BCUT2D eigenvalue weighted by molar-refractivity contribution is -0.128. The number of hydrogen-bond donors (Lipinski definition) is 3. The van der Waals surface area contributed by atoms with Gasteiger partial charge in [-0.1, -0.05) is 26.0 Å². The van der Waals surface area contributed by atoms with Crippen molar-refractivity contribution < 1.29 is 9.59 Å². The molecule has 0 aliphatic rings. The van der Waals surface area contributed by atoms with E-state index in [0.717, 1.165) is 5.56 Å². The second-order valence-electron chi connectivity index (χ2n) is 5.35. The molecule has 0 bridgehead atoms. The number of anilines is 1. The molecule has 0 saturated carbocycles. The molecule has 0 heterocycles. The smallest absolute Gasteiger partial charge is 0.242 e. The van der Waals surface area contributed by atoms with Gasteiger partial charge >= 0.3 is 0 Å². The van der Waals surface area contributed by atoms with Crippen molar-refractivity contribution in [3.05, 3.63) is 29.8 Å². The van der Waals surface area contributed by atoms with E-state index in [-0.39, 0.29) is 18.2 Å². The number of benzene rings is 1. The topological polar surface area (TPSA) is 84.2 Å². The fourth-order valence-electron chi connectivity index (χ4n) is 1.64. The molecule has 0 radical (unpaired) electrons. The van der Waals surface area contributed by atoms with Crippen LogP contribution in [0.15, 0.2) is 24.3 Å². The van der Waals surface area contributed by atoms with Crippen LogP contribution in [-0.2, 0) is 16.0 Å². The number of rotatable bonds is 6. The third-order valence-corrected chi connectivity index (χ3v) is 2.80. The average molecular weight is 277 g/mol. The Morgan fingerprint density at radius 2 is 1.75 bits per heavy atom. The lowest BCUT2D eigenvalue weighted by atomic mass is 10.1. The van der Waals surface area contributed by atoms with Gasteiger partial charge in [-0.05, 0) is 30.5 Å². The number of carbonyl (C=O) groups excluding carboxylic acids is 2. The van der Waals surface area contributed by atoms with Crippen LogP contribution in [0.4, 0.5) is 5.69 Å². The van der Waals surface area contributed by atoms with Crippen LogP contribution in [0, 0.1) is 5.92 Å². The van der Waals surface area contributed by atoms with Gasteiger partial charge in [0, 0.05) is 12.2 Å². The summed E-state index contributed by atoms with van der Waals surface area (Å²) in [5.74, 6) is 0.0444. The van der Waals surface area contributed by atoms with Crippen molar-refractivity contribution >= 4 is 17.5 Å². The molecule has 1 atom stereocenters. The Morgan fingerprint density at radius 3 is 2.30 bits per heavy atom. The van der Waals surface area contributed by atoms with Gasteiger partial charge in [0.25, 0.3) is 0 Å². The van der Waals surface area contributed by atoms with Gasteiger partial charge in [-0.3, -0.25) is 9.59 Å². The third-order valence-electron chi connectivity index (χ3n) is 2.80. The highest BCUT2D eigenvalue weighted by Gasteiger charge is 2.15. The SMILES string of the molecule is CC(C)CNC(=O)C(C)NC(=O)Cc1ccc(N)cc1. The van der Waals surface area contributed by atoms with Gasteiger partial charge in [0.15, 0.2) is 0 Å². The zero-order valence-corrected chi connectivity index (χ0v) is 12.3. The first-order valence-electron chi connectivity index (χ1n) is 6.80. The van der Waals surface area contributed by atoms with Crippen molar-refractivity contribution in [1.82, 2.24) is 10.6 Å². The Hall–Kier alpha value is -2.04. The van der Waals surface area contributed by atoms with E-state index in [2.05, 4.69) is 10.6 Å². The molecule has 2 amide bonds. The quantitative estimate of drug-likeness (QED) is 0.680. The molecule has 0 aromatic heterocycles. The van der Waals surface area contributed by atoms with Gasteiger partial charge in [-0.15, -0.1) is 0 Å². The summed E-state index contributed by atoms with van der Waals surface area (Å²) in [5.41, 5.74) is 7.11. The number of carbonyl (C=O) groups is 2. The van der Waals surface area contributed by atoms with Crippen molar-refractivity contribution in [2.45, 2.75) is 33.2 Å². The lowest BCUT2D eigenvalue weighted by Gasteiger charge is -2.15. The molecule has 5 heteroatoms. The van der Waals surface area contributed by atoms with Crippen molar-refractivity contribution in [3.63, 3.8) is 0 Å². The number of amides is 2. The molecule has 0 aliphatic carbocycles. The van der Waals surface area contributed by atoms with Crippen LogP contribution in [0.5, 0.6) is 0 Å². The number of nitrogen functional groups attached to an aromatic ring is 1. The van der Waals surface area contributed by atoms with Gasteiger partial charge in [0.05, 0.1) is 6.42 Å². The van der Waals surface area contributed by atoms with E-state index in [1.165, 1.54) is 0 Å². The molecule has 0 fully saturated rings. The van der Waals surface area contributed by atoms with Crippen molar-refractivity contribution in [3.8, 4) is 0 Å². The van der Waals surface area contributed by atoms with E-state index >= 15 is 0 Å². The summed E-state index contributed by atoms with van der Waals surface area (Å²) in [6.07, 6.45) is 0.238. The molecule has 1 rings (SSSR count). The van der Waals surface area contributed by atoms with Crippen molar-refractivity contribution in [1.29, 1.82) is 0 Å². The lowest BCUT2D eigenvalue weighted by Crippen LogP contribution is -2.46. The maximum atomic E-state index is 11.8. The number of nitrogens with two attached hydrogens (primary N) is 1. The van der Waals surface area contributed by atoms with Crippen LogP contribution in [0.2, 0.25) is 0 Å². The van der Waals surface area contributed by atoms with Gasteiger partial charge in [-0.25, -0.2) is 0 Å². The van der Waals surface area contributed by atoms with Gasteiger partial charge in [0.2, 0.25) is 11.8 Å². The van der Waals surface area contributed by atoms with E-state index in [4.69, 9.17) is 5.73 Å². The minimum atomic E-state index is -0.532. The number of nitrogens with one attached hydrogen (secondary N) is 2. The molecule has 1 unspecified atom stereocenters. The standard InChI is InChI=1S/C15H23N3O2/c1-10(2)9-17-15(20)11(3)18-14(19)8-12-4-6-13(16)7-5-12/h4-7,10-11H,8-9,16H2,1-3H3,(H,17,20)(H,18,19). The Kier molecular flexibility index (Phi) is 6.03. The second kappa shape index (κ2) is 7.53. The summed E-state index contributed by atoms with van der Waals surface area (Å²) in [5, 5.41) is 5.47. The van der Waals surface area contributed by atoms with E-state index in [1.54, 1.807) is 31.2 Å². The largest absolute Gasteiger partial charge is 0.399 e. The summed E-state index contributed by atoms with van der Waals surface area (Å²) in [4.78, 5) is 23.6.